The van der Waals surface area contributed by atoms with Gasteiger partial charge in [0.05, 0.1) is 6.61 Å². The van der Waals surface area contributed by atoms with Gasteiger partial charge in [-0.1, -0.05) is 18.6 Å². The number of nitrogens with one attached hydrogen (secondary N) is 2. The average molecular weight is 395 g/mol. The van der Waals surface area contributed by atoms with Crippen LogP contribution in [0, 0.1) is 0 Å². The van der Waals surface area contributed by atoms with E-state index in [1.165, 1.54) is 24.8 Å². The van der Waals surface area contributed by atoms with Crippen LogP contribution in [0.3, 0.4) is 0 Å². The van der Waals surface area contributed by atoms with Gasteiger partial charge in [0.15, 0.2) is 5.84 Å². The quantitative estimate of drug-likeness (QED) is 0.467. The summed E-state index contributed by atoms with van der Waals surface area (Å²) >= 11 is 0. The predicted molar refractivity (Wildman–Crippen MR) is 102 cm³/mol. The average Bonchev–Trinajstić information content (AvgIpc) is 2.96. The van der Waals surface area contributed by atoms with Gasteiger partial charge >= 0.3 is 10.2 Å². The maximum absolute atomic E-state index is 11.3. The van der Waals surface area contributed by atoms with Crippen molar-refractivity contribution < 1.29 is 18.4 Å². The van der Waals surface area contributed by atoms with Gasteiger partial charge in [-0.25, -0.2) is 5.48 Å². The zero-order valence-electron chi connectivity index (χ0n) is 15.1. The molecule has 9 nitrogen and oxygen atoms in total. The molecule has 0 saturated carbocycles. The molecule has 0 aromatic heterocycles. The van der Waals surface area contributed by atoms with Gasteiger partial charge in [0.25, 0.3) is 0 Å². The van der Waals surface area contributed by atoms with E-state index in [4.69, 9.17) is 9.94 Å². The van der Waals surface area contributed by atoms with E-state index in [1.807, 2.05) is 12.1 Å². The minimum absolute atomic E-state index is 0.000953. The Labute approximate surface area is 159 Å². The molecule has 2 heterocycles. The number of likely N-dealkylation sites (tertiary alicyclic amines) is 1. The van der Waals surface area contributed by atoms with E-state index in [1.54, 1.807) is 5.48 Å². The first-order valence-electron chi connectivity index (χ1n) is 9.09. The second-order valence-electron chi connectivity index (χ2n) is 6.55. The van der Waals surface area contributed by atoms with Gasteiger partial charge in [-0.15, -0.1) is 8.80 Å². The molecule has 1 fully saturated rings. The highest BCUT2D eigenvalue weighted by Gasteiger charge is 2.23. The minimum atomic E-state index is -3.90. The Morgan fingerprint density at radius 1 is 1.15 bits per heavy atom. The van der Waals surface area contributed by atoms with Crippen molar-refractivity contribution in [2.75, 3.05) is 26.2 Å². The fourth-order valence-electron chi connectivity index (χ4n) is 3.11. The van der Waals surface area contributed by atoms with Gasteiger partial charge < -0.3 is 10.1 Å². The van der Waals surface area contributed by atoms with Crippen LogP contribution in [0.5, 0.6) is 5.75 Å². The summed E-state index contributed by atoms with van der Waals surface area (Å²) in [5.74, 6) is 0.618. The zero-order valence-corrected chi connectivity index (χ0v) is 15.9. The summed E-state index contributed by atoms with van der Waals surface area (Å²) in [6.45, 7) is 4.17. The molecule has 0 bridgehead atoms. The molecule has 2 aliphatic rings. The SMILES string of the molecule is O=S1(=O)N=C(NO)C(NCCCOc2cccc(CN3CCCCC3)c2)=N1. The molecule has 1 aromatic carbocycles. The van der Waals surface area contributed by atoms with Crippen LogP contribution >= 0.6 is 0 Å². The maximum Gasteiger partial charge on any atom is 0.367 e. The molecule has 3 N–H and O–H groups in total. The molecule has 0 atom stereocenters. The summed E-state index contributed by atoms with van der Waals surface area (Å²) in [6, 6.07) is 8.11. The predicted octanol–water partition coefficient (Wildman–Crippen LogP) is 1.07. The normalized spacial score (nSPS) is 19.3. The second kappa shape index (κ2) is 9.16. The number of hydrogen-bond acceptors (Lipinski definition) is 7. The van der Waals surface area contributed by atoms with Crippen molar-refractivity contribution in [2.45, 2.75) is 32.2 Å². The maximum atomic E-state index is 11.3. The number of rotatable bonds is 7. The number of piperidine rings is 1. The van der Waals surface area contributed by atoms with Crippen molar-refractivity contribution in [3.05, 3.63) is 29.8 Å². The lowest BCUT2D eigenvalue weighted by Gasteiger charge is -2.26. The Morgan fingerprint density at radius 2 is 1.93 bits per heavy atom. The molecule has 1 aromatic rings. The van der Waals surface area contributed by atoms with E-state index in [9.17, 15) is 8.42 Å². The Bertz CT molecular complexity index is 803. The summed E-state index contributed by atoms with van der Waals surface area (Å²) in [7, 11) is -3.90. The number of amidine groups is 2. The first-order chi connectivity index (χ1) is 13.1. The van der Waals surface area contributed by atoms with Gasteiger partial charge in [0, 0.05) is 13.1 Å². The Morgan fingerprint density at radius 3 is 2.70 bits per heavy atom. The van der Waals surface area contributed by atoms with Crippen LogP contribution < -0.4 is 15.5 Å². The molecule has 1 saturated heterocycles. The van der Waals surface area contributed by atoms with Crippen molar-refractivity contribution in [1.82, 2.24) is 15.7 Å². The summed E-state index contributed by atoms with van der Waals surface area (Å²) in [4.78, 5) is 2.47. The Hall–Kier alpha value is -2.17. The number of hydrogen-bond donors (Lipinski definition) is 3. The lowest BCUT2D eigenvalue weighted by molar-refractivity contribution is 0.220. The lowest BCUT2D eigenvalue weighted by atomic mass is 10.1. The van der Waals surface area contributed by atoms with Crippen LogP contribution in [0.1, 0.15) is 31.2 Å². The number of benzene rings is 1. The fraction of sp³-hybridized carbons (Fsp3) is 0.529. The van der Waals surface area contributed by atoms with Gasteiger partial charge in [-0.2, -0.15) is 8.42 Å². The first-order valence-corrected chi connectivity index (χ1v) is 10.5. The van der Waals surface area contributed by atoms with E-state index in [-0.39, 0.29) is 11.7 Å². The van der Waals surface area contributed by atoms with Crippen molar-refractivity contribution in [2.24, 2.45) is 8.80 Å². The van der Waals surface area contributed by atoms with Gasteiger partial charge in [-0.05, 0) is 50.0 Å². The first kappa shape index (κ1) is 19.6. The summed E-state index contributed by atoms with van der Waals surface area (Å²) in [5, 5.41) is 11.7. The zero-order chi connectivity index (χ0) is 19.1. The van der Waals surface area contributed by atoms with Crippen LogP contribution in [0.2, 0.25) is 0 Å². The van der Waals surface area contributed by atoms with Crippen LogP contribution in [0.15, 0.2) is 33.1 Å². The largest absolute Gasteiger partial charge is 0.494 e. The van der Waals surface area contributed by atoms with E-state index >= 15 is 0 Å². The van der Waals surface area contributed by atoms with Gasteiger partial charge in [0.1, 0.15) is 5.75 Å². The molecular formula is C17H25N5O4S. The van der Waals surface area contributed by atoms with Crippen LogP contribution in [-0.2, 0) is 16.8 Å². The molecule has 148 valence electrons. The van der Waals surface area contributed by atoms with E-state index < -0.39 is 10.2 Å². The number of ether oxygens (including phenoxy) is 1. The highest BCUT2D eigenvalue weighted by Crippen LogP contribution is 2.17. The third-order valence-corrected chi connectivity index (χ3v) is 5.21. The molecule has 2 aliphatic heterocycles. The molecule has 3 rings (SSSR count). The third-order valence-electron chi connectivity index (χ3n) is 4.38. The standard InChI is InChI=1S/C17H25N5O4S/c23-19-17-16(20-27(24,25)21-17)18-8-5-11-26-15-7-4-6-14(12-15)13-22-9-2-1-3-10-22/h4,6-7,12,23H,1-3,5,8-11,13H2,(H,18,20)(H,19,21). The second-order valence-corrected chi connectivity index (χ2v) is 7.81. The topological polar surface area (TPSA) is 116 Å². The highest BCUT2D eigenvalue weighted by molar-refractivity contribution is 7.89. The van der Waals surface area contributed by atoms with Crippen LogP contribution in [0.25, 0.3) is 0 Å². The molecule has 27 heavy (non-hydrogen) atoms. The summed E-state index contributed by atoms with van der Waals surface area (Å²) < 4.78 is 35.0. The minimum Gasteiger partial charge on any atom is -0.494 e. The summed E-state index contributed by atoms with van der Waals surface area (Å²) in [5.41, 5.74) is 2.96. The van der Waals surface area contributed by atoms with Crippen molar-refractivity contribution in [3.63, 3.8) is 0 Å². The molecular weight excluding hydrogens is 370 g/mol. The molecule has 0 aliphatic carbocycles. The number of nitrogens with zero attached hydrogens (tertiary/aromatic N) is 3. The lowest BCUT2D eigenvalue weighted by Crippen LogP contribution is -2.37. The van der Waals surface area contributed by atoms with Crippen molar-refractivity contribution in [3.8, 4) is 5.75 Å². The molecule has 0 unspecified atom stereocenters. The van der Waals surface area contributed by atoms with E-state index in [0.29, 0.717) is 19.6 Å². The smallest absolute Gasteiger partial charge is 0.367 e. The molecule has 0 radical (unpaired) electrons. The van der Waals surface area contributed by atoms with Crippen LogP contribution in [-0.4, -0.2) is 56.4 Å². The Balaban J connectivity index is 1.40. The number of hydroxylamine groups is 1. The molecule has 10 heteroatoms. The van der Waals surface area contributed by atoms with Gasteiger partial charge in [-0.3, -0.25) is 10.1 Å². The van der Waals surface area contributed by atoms with E-state index in [2.05, 4.69) is 31.1 Å². The van der Waals surface area contributed by atoms with Gasteiger partial charge in [0.2, 0.25) is 5.84 Å². The Kier molecular flexibility index (Phi) is 6.64. The van der Waals surface area contributed by atoms with E-state index in [0.717, 1.165) is 25.4 Å². The van der Waals surface area contributed by atoms with Crippen molar-refractivity contribution in [1.29, 1.82) is 0 Å². The fourth-order valence-corrected chi connectivity index (χ4v) is 3.89. The monoisotopic (exact) mass is 395 g/mol. The van der Waals surface area contributed by atoms with Crippen molar-refractivity contribution >= 4 is 21.9 Å². The molecule has 0 spiro atoms. The third kappa shape index (κ3) is 5.91. The molecule has 0 amide bonds. The summed E-state index contributed by atoms with van der Waals surface area (Å²) in [6.07, 6.45) is 4.50. The highest BCUT2D eigenvalue weighted by atomic mass is 32.2. The van der Waals surface area contributed by atoms with Crippen LogP contribution in [0.4, 0.5) is 0 Å².